The molecule has 1 aliphatic heterocycles. The van der Waals surface area contributed by atoms with Crippen LogP contribution in [0.3, 0.4) is 0 Å². The lowest BCUT2D eigenvalue weighted by Crippen LogP contribution is -2.40. The molecule has 2 aliphatic carbocycles. The van der Waals surface area contributed by atoms with Crippen molar-refractivity contribution in [2.75, 3.05) is 19.5 Å². The number of halogens is 1. The molecule has 3 aliphatic rings. The lowest BCUT2D eigenvalue weighted by atomic mass is 9.79. The van der Waals surface area contributed by atoms with Crippen LogP contribution in [-0.4, -0.2) is 37.0 Å². The van der Waals surface area contributed by atoms with Crippen molar-refractivity contribution < 1.29 is 23.8 Å². The minimum atomic E-state index is -0.374. The van der Waals surface area contributed by atoms with Gasteiger partial charge in [0.15, 0.2) is 0 Å². The number of amides is 1. The molecule has 1 amide bonds. The molecule has 1 N–H and O–H groups in total. The molecular weight excluding hydrogens is 378 g/mol. The molecular formula is C17H18BrNO5. The number of ether oxygens (including phenoxy) is 3. The van der Waals surface area contributed by atoms with Crippen LogP contribution in [0.15, 0.2) is 18.2 Å². The normalized spacial score (nSPS) is 35.7. The van der Waals surface area contributed by atoms with Crippen molar-refractivity contribution >= 4 is 33.5 Å². The molecule has 7 heteroatoms. The molecule has 0 spiro atoms. The van der Waals surface area contributed by atoms with Gasteiger partial charge in [-0.3, -0.25) is 9.59 Å². The number of fused-ring (bicyclic) bond motifs is 1. The summed E-state index contributed by atoms with van der Waals surface area (Å²) in [5.74, 6) is 0.329. The van der Waals surface area contributed by atoms with E-state index >= 15 is 0 Å². The Morgan fingerprint density at radius 2 is 2.08 bits per heavy atom. The highest BCUT2D eigenvalue weighted by Gasteiger charge is 2.67. The average molecular weight is 396 g/mol. The van der Waals surface area contributed by atoms with Gasteiger partial charge in [-0.15, -0.1) is 0 Å². The molecule has 1 saturated heterocycles. The van der Waals surface area contributed by atoms with Crippen molar-refractivity contribution in [2.24, 2.45) is 23.7 Å². The zero-order chi connectivity index (χ0) is 17.0. The number of carbonyl (C=O) groups excluding carboxylic acids is 2. The highest BCUT2D eigenvalue weighted by Crippen LogP contribution is 2.60. The number of hydrogen-bond acceptors (Lipinski definition) is 5. The van der Waals surface area contributed by atoms with E-state index < -0.39 is 0 Å². The van der Waals surface area contributed by atoms with Crippen LogP contribution in [0.5, 0.6) is 11.5 Å². The first-order valence-corrected chi connectivity index (χ1v) is 8.84. The van der Waals surface area contributed by atoms with Gasteiger partial charge in [0.2, 0.25) is 5.91 Å². The zero-order valence-corrected chi connectivity index (χ0v) is 14.9. The summed E-state index contributed by atoms with van der Waals surface area (Å²) in [6.07, 6.45) is 0.771. The van der Waals surface area contributed by atoms with E-state index in [0.29, 0.717) is 17.2 Å². The Labute approximate surface area is 148 Å². The van der Waals surface area contributed by atoms with E-state index in [1.807, 2.05) is 0 Å². The summed E-state index contributed by atoms with van der Waals surface area (Å²) in [4.78, 5) is 25.1. The lowest BCUT2D eigenvalue weighted by Gasteiger charge is -2.27. The SMILES string of the molecule is COc1ccc(OC)c(NC(=O)[C@@H]2[C@@H]3C[C@H]4[C@H](OC(=O)[C@@H]42)[C@@H]3Br)c1. The number of nitrogens with one attached hydrogen (secondary N) is 1. The molecule has 1 aromatic rings. The van der Waals surface area contributed by atoms with Crippen LogP contribution in [0.1, 0.15) is 6.42 Å². The van der Waals surface area contributed by atoms with Crippen LogP contribution in [0, 0.1) is 23.7 Å². The number of rotatable bonds is 4. The summed E-state index contributed by atoms with van der Waals surface area (Å²) < 4.78 is 16.0. The summed E-state index contributed by atoms with van der Waals surface area (Å²) in [5, 5.41) is 2.91. The van der Waals surface area contributed by atoms with E-state index in [9.17, 15) is 9.59 Å². The monoisotopic (exact) mass is 395 g/mol. The largest absolute Gasteiger partial charge is 0.497 e. The Hall–Kier alpha value is -1.76. The molecule has 6 atom stereocenters. The van der Waals surface area contributed by atoms with Crippen LogP contribution < -0.4 is 14.8 Å². The summed E-state index contributed by atoms with van der Waals surface area (Å²) in [6, 6.07) is 5.22. The third-order valence-electron chi connectivity index (χ3n) is 5.49. The third-order valence-corrected chi connectivity index (χ3v) is 6.69. The fraction of sp³-hybridized carbons (Fsp3) is 0.529. The lowest BCUT2D eigenvalue weighted by molar-refractivity contribution is -0.145. The number of carbonyl (C=O) groups is 2. The second-order valence-electron chi connectivity index (χ2n) is 6.52. The second-order valence-corrected chi connectivity index (χ2v) is 7.57. The van der Waals surface area contributed by atoms with Gasteiger partial charge < -0.3 is 19.5 Å². The van der Waals surface area contributed by atoms with E-state index in [2.05, 4.69) is 21.2 Å². The van der Waals surface area contributed by atoms with Crippen molar-refractivity contribution in [3.05, 3.63) is 18.2 Å². The Morgan fingerprint density at radius 1 is 1.29 bits per heavy atom. The van der Waals surface area contributed by atoms with Crippen LogP contribution >= 0.6 is 15.9 Å². The number of methoxy groups -OCH3 is 2. The molecule has 1 aromatic carbocycles. The molecule has 4 rings (SSSR count). The smallest absolute Gasteiger partial charge is 0.310 e. The predicted molar refractivity (Wildman–Crippen MR) is 89.3 cm³/mol. The van der Waals surface area contributed by atoms with Crippen molar-refractivity contribution in [3.8, 4) is 11.5 Å². The van der Waals surface area contributed by atoms with Crippen LogP contribution in [0.4, 0.5) is 5.69 Å². The van der Waals surface area contributed by atoms with Gasteiger partial charge in [0.05, 0.1) is 36.6 Å². The topological polar surface area (TPSA) is 73.9 Å². The first kappa shape index (κ1) is 15.7. The van der Waals surface area contributed by atoms with Gasteiger partial charge >= 0.3 is 5.97 Å². The molecule has 6 nitrogen and oxygen atoms in total. The van der Waals surface area contributed by atoms with Gasteiger partial charge in [-0.1, -0.05) is 15.9 Å². The van der Waals surface area contributed by atoms with E-state index in [4.69, 9.17) is 14.2 Å². The zero-order valence-electron chi connectivity index (χ0n) is 13.3. The van der Waals surface area contributed by atoms with Gasteiger partial charge in [0, 0.05) is 12.0 Å². The van der Waals surface area contributed by atoms with Crippen LogP contribution in [-0.2, 0) is 14.3 Å². The molecule has 0 aromatic heterocycles. The average Bonchev–Trinajstić information content (AvgIpc) is 3.18. The predicted octanol–water partition coefficient (Wildman–Crippen LogP) is 2.21. The van der Waals surface area contributed by atoms with Crippen molar-refractivity contribution in [1.82, 2.24) is 0 Å². The van der Waals surface area contributed by atoms with E-state index in [-0.39, 0.29) is 46.5 Å². The fourth-order valence-electron chi connectivity index (χ4n) is 4.46. The molecule has 3 fully saturated rings. The number of benzene rings is 1. The Bertz CT molecular complexity index is 708. The third kappa shape index (κ3) is 2.13. The maximum Gasteiger partial charge on any atom is 0.310 e. The summed E-state index contributed by atoms with van der Waals surface area (Å²) in [7, 11) is 3.11. The second kappa shape index (κ2) is 5.65. The first-order chi connectivity index (χ1) is 11.5. The van der Waals surface area contributed by atoms with Crippen molar-refractivity contribution in [1.29, 1.82) is 0 Å². The summed E-state index contributed by atoms with van der Waals surface area (Å²) in [5.41, 5.74) is 0.540. The van der Waals surface area contributed by atoms with Gasteiger partial charge in [0.25, 0.3) is 0 Å². The maximum atomic E-state index is 12.9. The molecule has 0 unspecified atom stereocenters. The standard InChI is InChI=1S/C17H18BrNO5/c1-22-7-3-4-11(23-2)10(5-7)19-16(20)12-8-6-9-13(12)17(21)24-15(9)14(8)18/h3-5,8-9,12-15H,6H2,1-2H3,(H,19,20)/t8-,9+,12+,13-,14+,15-/m0/s1. The van der Waals surface area contributed by atoms with Crippen LogP contribution in [0.2, 0.25) is 0 Å². The molecule has 128 valence electrons. The van der Waals surface area contributed by atoms with Crippen molar-refractivity contribution in [2.45, 2.75) is 17.4 Å². The van der Waals surface area contributed by atoms with E-state index in [1.165, 1.54) is 0 Å². The van der Waals surface area contributed by atoms with Gasteiger partial charge in [-0.2, -0.15) is 0 Å². The summed E-state index contributed by atoms with van der Waals surface area (Å²) >= 11 is 3.62. The van der Waals surface area contributed by atoms with Crippen LogP contribution in [0.25, 0.3) is 0 Å². The molecule has 2 saturated carbocycles. The Morgan fingerprint density at radius 3 is 2.79 bits per heavy atom. The molecule has 1 heterocycles. The molecule has 0 radical (unpaired) electrons. The molecule has 24 heavy (non-hydrogen) atoms. The van der Waals surface area contributed by atoms with E-state index in [1.54, 1.807) is 32.4 Å². The number of hydrogen-bond donors (Lipinski definition) is 1. The Balaban J connectivity index is 1.60. The first-order valence-electron chi connectivity index (χ1n) is 7.92. The minimum absolute atomic E-state index is 0.0492. The van der Waals surface area contributed by atoms with Gasteiger partial charge in [-0.05, 0) is 24.5 Å². The van der Waals surface area contributed by atoms with Crippen molar-refractivity contribution in [3.63, 3.8) is 0 Å². The van der Waals surface area contributed by atoms with Gasteiger partial charge in [0.1, 0.15) is 17.6 Å². The highest BCUT2D eigenvalue weighted by molar-refractivity contribution is 9.09. The molecule has 2 bridgehead atoms. The Kier molecular flexibility index (Phi) is 3.71. The summed E-state index contributed by atoms with van der Waals surface area (Å²) in [6.45, 7) is 0. The quantitative estimate of drug-likeness (QED) is 0.624. The van der Waals surface area contributed by atoms with Gasteiger partial charge in [-0.25, -0.2) is 0 Å². The minimum Gasteiger partial charge on any atom is -0.497 e. The maximum absolute atomic E-state index is 12.9. The number of alkyl halides is 1. The fourth-order valence-corrected chi connectivity index (χ4v) is 5.50. The number of esters is 1. The number of anilines is 1. The van der Waals surface area contributed by atoms with E-state index in [0.717, 1.165) is 6.42 Å². The highest BCUT2D eigenvalue weighted by atomic mass is 79.9.